The monoisotopic (exact) mass is 351 g/mol. The van der Waals surface area contributed by atoms with E-state index in [2.05, 4.69) is 15.3 Å². The zero-order valence-electron chi connectivity index (χ0n) is 15.2. The minimum absolute atomic E-state index is 0.266. The molecule has 0 aliphatic carbocycles. The molecule has 0 saturated heterocycles. The van der Waals surface area contributed by atoms with Crippen LogP contribution in [0.2, 0.25) is 0 Å². The number of nitrogens with zero attached hydrogens (tertiary/aromatic N) is 2. The standard InChI is InChI=1S/C19H25N7/c1-11(2)13(8-20)7-18(23)26-19-5-4-16-17(25-19)6-14(10-24-16)15(9-21)12(3)22/h4-11,22H,20-21,23H2,1-3H3,(H,25,26)/b13-8+,15-9+,18-7+,22-12?. The Bertz CT molecular complexity index is 907. The molecule has 0 aliphatic heterocycles. The van der Waals surface area contributed by atoms with Crippen LogP contribution in [0, 0.1) is 11.3 Å². The summed E-state index contributed by atoms with van der Waals surface area (Å²) in [6, 6.07) is 5.51. The molecule has 2 aromatic heterocycles. The molecule has 0 unspecified atom stereocenters. The second-order valence-electron chi connectivity index (χ2n) is 6.21. The molecule has 0 amide bonds. The van der Waals surface area contributed by atoms with Crippen LogP contribution >= 0.6 is 0 Å². The third-order valence-electron chi connectivity index (χ3n) is 3.87. The Hall–Kier alpha value is -3.35. The molecule has 0 spiro atoms. The molecule has 0 aromatic carbocycles. The highest BCUT2D eigenvalue weighted by Crippen LogP contribution is 2.20. The summed E-state index contributed by atoms with van der Waals surface area (Å²) in [5.74, 6) is 1.31. The molecule has 0 bridgehead atoms. The van der Waals surface area contributed by atoms with Gasteiger partial charge >= 0.3 is 0 Å². The Morgan fingerprint density at radius 2 is 1.92 bits per heavy atom. The highest BCUT2D eigenvalue weighted by atomic mass is 15.1. The van der Waals surface area contributed by atoms with Gasteiger partial charge in [0.2, 0.25) is 0 Å². The first kappa shape index (κ1) is 19.0. The fraction of sp³-hybridized carbons (Fsp3) is 0.211. The summed E-state index contributed by atoms with van der Waals surface area (Å²) in [6.45, 7) is 5.76. The summed E-state index contributed by atoms with van der Waals surface area (Å²) in [7, 11) is 0. The van der Waals surface area contributed by atoms with Crippen molar-refractivity contribution < 1.29 is 0 Å². The molecule has 7 heteroatoms. The predicted octanol–water partition coefficient (Wildman–Crippen LogP) is 2.68. The van der Waals surface area contributed by atoms with Crippen molar-refractivity contribution >= 4 is 28.1 Å². The van der Waals surface area contributed by atoms with Crippen molar-refractivity contribution in [2.75, 3.05) is 5.32 Å². The fourth-order valence-corrected chi connectivity index (χ4v) is 2.43. The summed E-state index contributed by atoms with van der Waals surface area (Å²) in [5, 5.41) is 10.9. The minimum Gasteiger partial charge on any atom is -0.404 e. The van der Waals surface area contributed by atoms with Crippen molar-refractivity contribution in [2.24, 2.45) is 23.1 Å². The van der Waals surface area contributed by atoms with Crippen molar-refractivity contribution in [3.63, 3.8) is 0 Å². The lowest BCUT2D eigenvalue weighted by atomic mass is 10.0. The molecule has 26 heavy (non-hydrogen) atoms. The number of hydrogen-bond donors (Lipinski definition) is 5. The van der Waals surface area contributed by atoms with Crippen LogP contribution in [0.5, 0.6) is 0 Å². The molecule has 7 nitrogen and oxygen atoms in total. The lowest BCUT2D eigenvalue weighted by molar-refractivity contribution is 0.786. The number of pyridine rings is 2. The maximum atomic E-state index is 7.80. The molecule has 0 fully saturated rings. The molecule has 2 rings (SSSR count). The largest absolute Gasteiger partial charge is 0.404 e. The van der Waals surface area contributed by atoms with Gasteiger partial charge in [0.25, 0.3) is 0 Å². The van der Waals surface area contributed by atoms with Crippen molar-refractivity contribution in [1.29, 1.82) is 5.41 Å². The van der Waals surface area contributed by atoms with Gasteiger partial charge in [0, 0.05) is 29.2 Å². The molecule has 8 N–H and O–H groups in total. The van der Waals surface area contributed by atoms with Gasteiger partial charge in [-0.05, 0) is 48.9 Å². The molecule has 0 saturated carbocycles. The molecule has 2 heterocycles. The highest BCUT2D eigenvalue weighted by Gasteiger charge is 2.08. The normalized spacial score (nSPS) is 13.3. The first-order valence-corrected chi connectivity index (χ1v) is 8.26. The third kappa shape index (κ3) is 4.38. The molecule has 2 aromatic rings. The van der Waals surface area contributed by atoms with Gasteiger partial charge in [-0.1, -0.05) is 13.8 Å². The second kappa shape index (κ2) is 8.15. The van der Waals surface area contributed by atoms with E-state index >= 15 is 0 Å². The van der Waals surface area contributed by atoms with Crippen LogP contribution in [0.1, 0.15) is 26.3 Å². The average molecular weight is 351 g/mol. The van der Waals surface area contributed by atoms with Crippen LogP contribution < -0.4 is 22.5 Å². The smallest absolute Gasteiger partial charge is 0.132 e. The molecule has 0 atom stereocenters. The predicted molar refractivity (Wildman–Crippen MR) is 108 cm³/mol. The topological polar surface area (TPSA) is 140 Å². The number of aromatic nitrogens is 2. The molecular formula is C19H25N7. The number of fused-ring (bicyclic) bond motifs is 1. The van der Waals surface area contributed by atoms with Gasteiger partial charge < -0.3 is 27.9 Å². The Kier molecular flexibility index (Phi) is 5.95. The van der Waals surface area contributed by atoms with Crippen molar-refractivity contribution in [3.05, 3.63) is 59.8 Å². The second-order valence-corrected chi connectivity index (χ2v) is 6.21. The number of allylic oxidation sites excluding steroid dienone is 3. The Morgan fingerprint density at radius 1 is 1.19 bits per heavy atom. The SMILES string of the molecule is CC(=N)/C(=C\N)c1cnc2ccc(N/C(N)=C/C(=C\N)C(C)C)nc2c1. The van der Waals surface area contributed by atoms with Crippen LogP contribution in [0.25, 0.3) is 16.6 Å². The lowest BCUT2D eigenvalue weighted by Crippen LogP contribution is -2.12. The van der Waals surface area contributed by atoms with E-state index in [0.29, 0.717) is 28.4 Å². The van der Waals surface area contributed by atoms with Crippen LogP contribution in [-0.2, 0) is 0 Å². The van der Waals surface area contributed by atoms with Gasteiger partial charge in [-0.25, -0.2) is 4.98 Å². The number of hydrogen-bond acceptors (Lipinski definition) is 7. The Labute approximate surface area is 153 Å². The van der Waals surface area contributed by atoms with E-state index in [1.807, 2.05) is 26.0 Å². The summed E-state index contributed by atoms with van der Waals surface area (Å²) in [6.07, 6.45) is 6.42. The van der Waals surface area contributed by atoms with E-state index in [0.717, 1.165) is 16.7 Å². The van der Waals surface area contributed by atoms with Gasteiger partial charge in [-0.2, -0.15) is 0 Å². The summed E-state index contributed by atoms with van der Waals surface area (Å²) in [4.78, 5) is 8.93. The van der Waals surface area contributed by atoms with Crippen LogP contribution in [-0.4, -0.2) is 15.7 Å². The molecule has 136 valence electrons. The van der Waals surface area contributed by atoms with E-state index in [1.165, 1.54) is 6.20 Å². The zero-order valence-corrected chi connectivity index (χ0v) is 15.2. The van der Waals surface area contributed by atoms with Crippen LogP contribution in [0.3, 0.4) is 0 Å². The van der Waals surface area contributed by atoms with Gasteiger partial charge in [-0.15, -0.1) is 0 Å². The van der Waals surface area contributed by atoms with Gasteiger partial charge in [0.05, 0.1) is 11.0 Å². The summed E-state index contributed by atoms with van der Waals surface area (Å²) in [5.41, 5.74) is 21.4. The first-order chi connectivity index (χ1) is 12.3. The van der Waals surface area contributed by atoms with Gasteiger partial charge in [-0.3, -0.25) is 4.98 Å². The van der Waals surface area contributed by atoms with E-state index < -0.39 is 0 Å². The molecule has 0 aliphatic rings. The Morgan fingerprint density at radius 3 is 2.50 bits per heavy atom. The van der Waals surface area contributed by atoms with E-state index in [-0.39, 0.29) is 5.92 Å². The summed E-state index contributed by atoms with van der Waals surface area (Å²) < 4.78 is 0. The van der Waals surface area contributed by atoms with Crippen molar-refractivity contribution in [1.82, 2.24) is 9.97 Å². The minimum atomic E-state index is 0.266. The maximum Gasteiger partial charge on any atom is 0.132 e. The maximum absolute atomic E-state index is 7.80. The van der Waals surface area contributed by atoms with Gasteiger partial charge in [0.1, 0.15) is 11.6 Å². The van der Waals surface area contributed by atoms with Crippen LogP contribution in [0.4, 0.5) is 5.82 Å². The summed E-state index contributed by atoms with van der Waals surface area (Å²) >= 11 is 0. The number of anilines is 1. The number of rotatable bonds is 6. The first-order valence-electron chi connectivity index (χ1n) is 8.26. The van der Waals surface area contributed by atoms with Crippen molar-refractivity contribution in [2.45, 2.75) is 20.8 Å². The van der Waals surface area contributed by atoms with Crippen LogP contribution in [0.15, 0.2) is 54.3 Å². The third-order valence-corrected chi connectivity index (χ3v) is 3.87. The highest BCUT2D eigenvalue weighted by molar-refractivity contribution is 6.21. The van der Waals surface area contributed by atoms with E-state index in [4.69, 9.17) is 22.6 Å². The molecule has 0 radical (unpaired) electrons. The Balaban J connectivity index is 2.36. The van der Waals surface area contributed by atoms with Gasteiger partial charge in [0.15, 0.2) is 0 Å². The van der Waals surface area contributed by atoms with E-state index in [1.54, 1.807) is 31.5 Å². The quantitative estimate of drug-likeness (QED) is 0.400. The fourth-order valence-electron chi connectivity index (χ4n) is 2.43. The van der Waals surface area contributed by atoms with E-state index in [9.17, 15) is 0 Å². The number of nitrogens with one attached hydrogen (secondary N) is 2. The lowest BCUT2D eigenvalue weighted by Gasteiger charge is -2.10. The number of nitrogens with two attached hydrogens (primary N) is 3. The van der Waals surface area contributed by atoms with Crippen molar-refractivity contribution in [3.8, 4) is 0 Å². The molecular weight excluding hydrogens is 326 g/mol. The zero-order chi connectivity index (χ0) is 19.3. The average Bonchev–Trinajstić information content (AvgIpc) is 2.59.